The molecule has 1 aliphatic rings. The van der Waals surface area contributed by atoms with E-state index in [1.54, 1.807) is 0 Å². The van der Waals surface area contributed by atoms with Crippen LogP contribution in [0.2, 0.25) is 10.0 Å². The molecule has 1 fully saturated rings. The summed E-state index contributed by atoms with van der Waals surface area (Å²) in [5.41, 5.74) is -0.306. The highest BCUT2D eigenvalue weighted by atomic mass is 35.5. The van der Waals surface area contributed by atoms with Crippen LogP contribution in [0.25, 0.3) is 0 Å². The third-order valence-corrected chi connectivity index (χ3v) is 5.79. The van der Waals surface area contributed by atoms with Crippen LogP contribution in [-0.4, -0.2) is 20.9 Å². The SMILES string of the molecule is O=C1NC(=Nc2ccc(Cl)cc2Cl)[S+]([O-])C1Cc1cccc(C(F)(F)F)c1. The number of amidine groups is 1. The molecule has 2 atom stereocenters. The fraction of sp³-hybridized carbons (Fsp3) is 0.176. The first-order valence-electron chi connectivity index (χ1n) is 7.56. The third kappa shape index (κ3) is 4.57. The van der Waals surface area contributed by atoms with Gasteiger partial charge in [0.15, 0.2) is 0 Å². The van der Waals surface area contributed by atoms with E-state index >= 15 is 0 Å². The molecule has 2 aromatic rings. The zero-order valence-electron chi connectivity index (χ0n) is 13.4. The molecule has 3 rings (SSSR count). The number of halogens is 5. The molecule has 27 heavy (non-hydrogen) atoms. The first-order chi connectivity index (χ1) is 12.6. The summed E-state index contributed by atoms with van der Waals surface area (Å²) in [6.45, 7) is 0. The number of carbonyl (C=O) groups is 1. The fourth-order valence-corrected chi connectivity index (χ4v) is 4.19. The number of aliphatic imine (C=N–C) groups is 1. The fourth-order valence-electron chi connectivity index (χ4n) is 2.48. The second-order valence-electron chi connectivity index (χ2n) is 5.69. The predicted molar refractivity (Wildman–Crippen MR) is 98.8 cm³/mol. The van der Waals surface area contributed by atoms with Crippen LogP contribution >= 0.6 is 23.2 Å². The lowest BCUT2D eigenvalue weighted by Gasteiger charge is -2.12. The van der Waals surface area contributed by atoms with Crippen LogP contribution in [0.1, 0.15) is 11.1 Å². The zero-order chi connectivity index (χ0) is 19.8. The molecule has 2 aromatic carbocycles. The van der Waals surface area contributed by atoms with Crippen molar-refractivity contribution in [2.75, 3.05) is 0 Å². The van der Waals surface area contributed by atoms with Crippen molar-refractivity contribution < 1.29 is 22.5 Å². The number of hydrogen-bond acceptors (Lipinski definition) is 3. The first kappa shape index (κ1) is 20.0. The van der Waals surface area contributed by atoms with Crippen molar-refractivity contribution in [2.45, 2.75) is 17.8 Å². The second kappa shape index (κ2) is 7.71. The van der Waals surface area contributed by atoms with E-state index in [0.29, 0.717) is 5.02 Å². The van der Waals surface area contributed by atoms with Crippen LogP contribution in [0.4, 0.5) is 18.9 Å². The highest BCUT2D eigenvalue weighted by molar-refractivity contribution is 8.08. The Labute approximate surface area is 165 Å². The number of hydrogen-bond donors (Lipinski definition) is 1. The van der Waals surface area contributed by atoms with Gasteiger partial charge in [0.1, 0.15) is 0 Å². The van der Waals surface area contributed by atoms with Gasteiger partial charge in [0.05, 0.1) is 16.3 Å². The molecular formula is C17H11Cl2F3N2O2S. The number of nitrogens with zero attached hydrogens (tertiary/aromatic N) is 1. The van der Waals surface area contributed by atoms with Crippen LogP contribution in [0.15, 0.2) is 47.5 Å². The van der Waals surface area contributed by atoms with Crippen LogP contribution in [0.3, 0.4) is 0 Å². The molecule has 0 aliphatic carbocycles. The van der Waals surface area contributed by atoms with Crippen LogP contribution in [0.5, 0.6) is 0 Å². The molecule has 1 aliphatic heterocycles. The lowest BCUT2D eigenvalue weighted by atomic mass is 10.1. The lowest BCUT2D eigenvalue weighted by Crippen LogP contribution is -2.27. The maximum atomic E-state index is 12.8. The van der Waals surface area contributed by atoms with Gasteiger partial charge >= 0.3 is 11.3 Å². The van der Waals surface area contributed by atoms with Crippen molar-refractivity contribution in [3.8, 4) is 0 Å². The number of carbonyl (C=O) groups excluding carboxylic acids is 1. The molecule has 1 N–H and O–H groups in total. The standard InChI is InChI=1S/C17H11Cl2F3N2O2S/c18-11-4-5-13(12(19)8-11)23-16-24-15(25)14(27(16)26)7-9-2-1-3-10(6-9)17(20,21)22/h1-6,8,14H,7H2,(H,23,24,25). The predicted octanol–water partition coefficient (Wildman–Crippen LogP) is 4.49. The minimum atomic E-state index is -4.49. The van der Waals surface area contributed by atoms with Gasteiger partial charge in [-0.1, -0.05) is 41.4 Å². The average Bonchev–Trinajstić information content (AvgIpc) is 2.84. The monoisotopic (exact) mass is 434 g/mol. The molecule has 2 unspecified atom stereocenters. The van der Waals surface area contributed by atoms with Gasteiger partial charge in [-0.05, 0) is 29.8 Å². The van der Waals surface area contributed by atoms with Crippen molar-refractivity contribution in [2.24, 2.45) is 4.99 Å². The molecule has 1 heterocycles. The number of alkyl halides is 3. The van der Waals surface area contributed by atoms with E-state index in [1.807, 2.05) is 0 Å². The maximum absolute atomic E-state index is 12.8. The Morgan fingerprint density at radius 3 is 2.59 bits per heavy atom. The van der Waals surface area contributed by atoms with Gasteiger partial charge in [-0.15, -0.1) is 0 Å². The summed E-state index contributed by atoms with van der Waals surface area (Å²) in [5.74, 6) is -0.574. The zero-order valence-corrected chi connectivity index (χ0v) is 15.7. The summed E-state index contributed by atoms with van der Waals surface area (Å²) in [5, 5.41) is 1.87. The largest absolute Gasteiger partial charge is 0.608 e. The quantitative estimate of drug-likeness (QED) is 0.723. The Morgan fingerprint density at radius 1 is 1.19 bits per heavy atom. The number of nitrogens with one attached hydrogen (secondary N) is 1. The topological polar surface area (TPSA) is 64.5 Å². The van der Waals surface area contributed by atoms with E-state index in [2.05, 4.69) is 10.3 Å². The summed E-state index contributed by atoms with van der Waals surface area (Å²) in [7, 11) is 0. The average molecular weight is 435 g/mol. The molecule has 142 valence electrons. The van der Waals surface area contributed by atoms with E-state index < -0.39 is 34.1 Å². The molecule has 0 radical (unpaired) electrons. The van der Waals surface area contributed by atoms with E-state index in [-0.39, 0.29) is 27.9 Å². The summed E-state index contributed by atoms with van der Waals surface area (Å²) in [6, 6.07) is 9.05. The van der Waals surface area contributed by atoms with E-state index in [9.17, 15) is 22.5 Å². The van der Waals surface area contributed by atoms with Crippen molar-refractivity contribution >= 4 is 51.1 Å². The molecule has 0 bridgehead atoms. The van der Waals surface area contributed by atoms with Gasteiger partial charge in [-0.2, -0.15) is 18.2 Å². The highest BCUT2D eigenvalue weighted by Gasteiger charge is 2.44. The Bertz CT molecular complexity index is 921. The lowest BCUT2D eigenvalue weighted by molar-refractivity contribution is -0.137. The summed E-state index contributed by atoms with van der Waals surface area (Å²) in [6.07, 6.45) is -4.61. The van der Waals surface area contributed by atoms with Gasteiger partial charge in [0.25, 0.3) is 5.91 Å². The van der Waals surface area contributed by atoms with Crippen LogP contribution < -0.4 is 5.32 Å². The number of benzene rings is 2. The van der Waals surface area contributed by atoms with Gasteiger partial charge in [-0.25, -0.2) is 0 Å². The van der Waals surface area contributed by atoms with Gasteiger partial charge < -0.3 is 4.55 Å². The Morgan fingerprint density at radius 2 is 1.93 bits per heavy atom. The Kier molecular flexibility index (Phi) is 5.71. The van der Waals surface area contributed by atoms with Crippen LogP contribution in [0, 0.1) is 0 Å². The molecule has 10 heteroatoms. The summed E-state index contributed by atoms with van der Waals surface area (Å²) < 4.78 is 51.1. The first-order valence-corrected chi connectivity index (χ1v) is 9.53. The second-order valence-corrected chi connectivity index (χ2v) is 8.08. The summed E-state index contributed by atoms with van der Waals surface area (Å²) in [4.78, 5) is 16.2. The molecule has 1 saturated heterocycles. The minimum Gasteiger partial charge on any atom is -0.608 e. The molecular weight excluding hydrogens is 424 g/mol. The summed E-state index contributed by atoms with van der Waals surface area (Å²) >= 11 is 9.96. The van der Waals surface area contributed by atoms with Crippen LogP contribution in [-0.2, 0) is 28.6 Å². The van der Waals surface area contributed by atoms with Crippen molar-refractivity contribution in [1.82, 2.24) is 5.32 Å². The van der Waals surface area contributed by atoms with Crippen molar-refractivity contribution in [1.29, 1.82) is 0 Å². The maximum Gasteiger partial charge on any atom is 0.416 e. The van der Waals surface area contributed by atoms with E-state index in [4.69, 9.17) is 23.2 Å². The van der Waals surface area contributed by atoms with Crippen molar-refractivity contribution in [3.63, 3.8) is 0 Å². The minimum absolute atomic E-state index is 0.0961. The Hall–Kier alpha value is -1.74. The number of rotatable bonds is 3. The number of amides is 1. The Balaban J connectivity index is 1.82. The molecule has 0 saturated carbocycles. The van der Waals surface area contributed by atoms with Gasteiger partial charge in [-0.3, -0.25) is 10.1 Å². The van der Waals surface area contributed by atoms with E-state index in [1.165, 1.54) is 30.3 Å². The van der Waals surface area contributed by atoms with Crippen molar-refractivity contribution in [3.05, 3.63) is 63.6 Å². The highest BCUT2D eigenvalue weighted by Crippen LogP contribution is 2.31. The normalized spacial score (nSPS) is 21.6. The van der Waals surface area contributed by atoms with Gasteiger partial charge in [0.2, 0.25) is 5.25 Å². The smallest absolute Gasteiger partial charge is 0.416 e. The van der Waals surface area contributed by atoms with Gasteiger partial charge in [0, 0.05) is 22.6 Å². The third-order valence-electron chi connectivity index (χ3n) is 3.78. The molecule has 1 amide bonds. The van der Waals surface area contributed by atoms with E-state index in [0.717, 1.165) is 12.1 Å². The molecule has 0 aromatic heterocycles. The molecule has 0 spiro atoms. The molecule has 4 nitrogen and oxygen atoms in total.